The van der Waals surface area contributed by atoms with Crippen LogP contribution in [-0.4, -0.2) is 25.5 Å². The van der Waals surface area contributed by atoms with Crippen LogP contribution in [0.1, 0.15) is 30.6 Å². The van der Waals surface area contributed by atoms with E-state index in [9.17, 15) is 13.2 Å². The van der Waals surface area contributed by atoms with Crippen LogP contribution < -0.4 is 4.72 Å². The van der Waals surface area contributed by atoms with Gasteiger partial charge in [0.05, 0.1) is 15.5 Å². The van der Waals surface area contributed by atoms with Crippen LogP contribution in [0.3, 0.4) is 0 Å². The van der Waals surface area contributed by atoms with Crippen molar-refractivity contribution in [2.75, 3.05) is 0 Å². The van der Waals surface area contributed by atoms with Crippen molar-refractivity contribution in [2.24, 2.45) is 5.41 Å². The van der Waals surface area contributed by atoms with Crippen LogP contribution in [-0.2, 0) is 10.0 Å². The summed E-state index contributed by atoms with van der Waals surface area (Å²) in [6.07, 6.45) is 0.769. The maximum atomic E-state index is 12.1. The number of halogens is 1. The molecule has 0 bridgehead atoms. The van der Waals surface area contributed by atoms with Gasteiger partial charge in [0.15, 0.2) is 0 Å². The Morgan fingerprint density at radius 3 is 2.53 bits per heavy atom. The molecule has 0 radical (unpaired) electrons. The number of rotatable bonds is 4. The molecular formula is C12H14ClNO4S. The molecule has 0 spiro atoms. The predicted molar refractivity (Wildman–Crippen MR) is 70.9 cm³/mol. The van der Waals surface area contributed by atoms with Crippen molar-refractivity contribution in [1.82, 2.24) is 4.72 Å². The van der Waals surface area contributed by atoms with Crippen LogP contribution in [0.4, 0.5) is 0 Å². The highest BCUT2D eigenvalue weighted by molar-refractivity contribution is 7.89. The molecule has 1 saturated carbocycles. The largest absolute Gasteiger partial charge is 0.478 e. The van der Waals surface area contributed by atoms with Gasteiger partial charge in [-0.25, -0.2) is 17.9 Å². The van der Waals surface area contributed by atoms with Crippen molar-refractivity contribution in [1.29, 1.82) is 0 Å². The molecular weight excluding hydrogens is 290 g/mol. The molecule has 0 amide bonds. The Bertz CT molecular complexity index is 639. The smallest absolute Gasteiger partial charge is 0.337 e. The zero-order valence-electron chi connectivity index (χ0n) is 10.5. The van der Waals surface area contributed by atoms with Gasteiger partial charge in [-0.1, -0.05) is 25.4 Å². The van der Waals surface area contributed by atoms with Crippen LogP contribution in [0.15, 0.2) is 23.1 Å². The Balaban J connectivity index is 2.31. The number of benzene rings is 1. The molecule has 104 valence electrons. The second kappa shape index (κ2) is 4.47. The van der Waals surface area contributed by atoms with E-state index in [1.54, 1.807) is 0 Å². The van der Waals surface area contributed by atoms with Crippen molar-refractivity contribution in [3.63, 3.8) is 0 Å². The Labute approximate surface area is 116 Å². The summed E-state index contributed by atoms with van der Waals surface area (Å²) in [5, 5.41) is 8.95. The summed E-state index contributed by atoms with van der Waals surface area (Å²) in [4.78, 5) is 10.9. The Kier molecular flexibility index (Phi) is 3.36. The molecule has 1 fully saturated rings. The van der Waals surface area contributed by atoms with Gasteiger partial charge < -0.3 is 5.11 Å². The number of aromatic carboxylic acids is 1. The van der Waals surface area contributed by atoms with E-state index in [1.165, 1.54) is 12.1 Å². The molecule has 1 atom stereocenters. The van der Waals surface area contributed by atoms with Crippen molar-refractivity contribution >= 4 is 27.6 Å². The molecule has 2 N–H and O–H groups in total. The summed E-state index contributed by atoms with van der Waals surface area (Å²) in [5.74, 6) is -1.26. The number of hydrogen-bond acceptors (Lipinski definition) is 3. The maximum absolute atomic E-state index is 12.1. The summed E-state index contributed by atoms with van der Waals surface area (Å²) in [6, 6.07) is 3.54. The van der Waals surface area contributed by atoms with E-state index in [0.717, 1.165) is 12.5 Å². The number of carboxylic acid groups (broad SMARTS) is 1. The fourth-order valence-corrected chi connectivity index (χ4v) is 3.39. The quantitative estimate of drug-likeness (QED) is 0.892. The first-order valence-electron chi connectivity index (χ1n) is 5.69. The summed E-state index contributed by atoms with van der Waals surface area (Å²) in [7, 11) is -3.71. The zero-order valence-corrected chi connectivity index (χ0v) is 12.0. The Hall–Kier alpha value is -1.11. The molecule has 2 rings (SSSR count). The summed E-state index contributed by atoms with van der Waals surface area (Å²) in [6.45, 7) is 3.93. The second-order valence-electron chi connectivity index (χ2n) is 5.31. The maximum Gasteiger partial charge on any atom is 0.337 e. The van der Waals surface area contributed by atoms with Gasteiger partial charge in [0.1, 0.15) is 0 Å². The fraction of sp³-hybridized carbons (Fsp3) is 0.417. The molecule has 0 heterocycles. The summed E-state index contributed by atoms with van der Waals surface area (Å²) >= 11 is 5.71. The van der Waals surface area contributed by atoms with E-state index in [1.807, 2.05) is 13.8 Å². The number of carboxylic acids is 1. The molecule has 19 heavy (non-hydrogen) atoms. The molecule has 0 aromatic heterocycles. The lowest BCUT2D eigenvalue weighted by atomic mass is 10.2. The lowest BCUT2D eigenvalue weighted by molar-refractivity contribution is 0.0697. The van der Waals surface area contributed by atoms with Gasteiger partial charge in [-0.05, 0) is 30.0 Å². The minimum atomic E-state index is -3.71. The number of carbonyl (C=O) groups is 1. The van der Waals surface area contributed by atoms with Crippen molar-refractivity contribution < 1.29 is 18.3 Å². The first kappa shape index (κ1) is 14.3. The van der Waals surface area contributed by atoms with Crippen molar-refractivity contribution in [3.8, 4) is 0 Å². The van der Waals surface area contributed by atoms with Gasteiger partial charge in [0.25, 0.3) is 0 Å². The minimum absolute atomic E-state index is 0.0122. The highest BCUT2D eigenvalue weighted by atomic mass is 35.5. The van der Waals surface area contributed by atoms with Crippen LogP contribution in [0.5, 0.6) is 0 Å². The third kappa shape index (κ3) is 2.91. The molecule has 1 aromatic rings. The van der Waals surface area contributed by atoms with E-state index >= 15 is 0 Å². The monoisotopic (exact) mass is 303 g/mol. The van der Waals surface area contributed by atoms with Crippen LogP contribution in [0.2, 0.25) is 5.02 Å². The number of hydrogen-bond donors (Lipinski definition) is 2. The minimum Gasteiger partial charge on any atom is -0.478 e. The van der Waals surface area contributed by atoms with Gasteiger partial charge in [0.2, 0.25) is 10.0 Å². The fourth-order valence-electron chi connectivity index (χ4n) is 1.76. The molecule has 1 aromatic carbocycles. The molecule has 1 aliphatic carbocycles. The standard InChI is InChI=1S/C12H14ClNO4S/c1-12(2)6-10(12)14-19(17,18)7-3-4-9(13)8(5-7)11(15)16/h3-5,10,14H,6H2,1-2H3,(H,15,16). The zero-order chi connectivity index (χ0) is 14.4. The summed E-state index contributed by atoms with van der Waals surface area (Å²) in [5.41, 5.74) is -0.269. The molecule has 0 aliphatic heterocycles. The lowest BCUT2D eigenvalue weighted by Gasteiger charge is -2.09. The molecule has 5 nitrogen and oxygen atoms in total. The number of nitrogens with one attached hydrogen (secondary N) is 1. The molecule has 7 heteroatoms. The second-order valence-corrected chi connectivity index (χ2v) is 7.43. The third-order valence-corrected chi connectivity index (χ3v) is 5.09. The van der Waals surface area contributed by atoms with Crippen LogP contribution in [0.25, 0.3) is 0 Å². The average Bonchev–Trinajstić information content (AvgIpc) is 2.84. The topological polar surface area (TPSA) is 83.5 Å². The molecule has 1 aliphatic rings. The van der Waals surface area contributed by atoms with Gasteiger partial charge in [-0.15, -0.1) is 0 Å². The van der Waals surface area contributed by atoms with E-state index in [0.29, 0.717) is 0 Å². The highest BCUT2D eigenvalue weighted by Crippen LogP contribution is 2.45. The van der Waals surface area contributed by atoms with Crippen molar-refractivity contribution in [2.45, 2.75) is 31.2 Å². The predicted octanol–water partition coefficient (Wildman–Crippen LogP) is 2.12. The molecule has 0 saturated heterocycles. The van der Waals surface area contributed by atoms with Crippen LogP contribution in [0, 0.1) is 5.41 Å². The molecule has 1 unspecified atom stereocenters. The van der Waals surface area contributed by atoms with Crippen molar-refractivity contribution in [3.05, 3.63) is 28.8 Å². The van der Waals surface area contributed by atoms with Crippen LogP contribution >= 0.6 is 11.6 Å². The van der Waals surface area contributed by atoms with E-state index in [4.69, 9.17) is 16.7 Å². The highest BCUT2D eigenvalue weighted by Gasteiger charge is 2.47. The SMILES string of the molecule is CC1(C)CC1NS(=O)(=O)c1ccc(Cl)c(C(=O)O)c1. The third-order valence-electron chi connectivity index (χ3n) is 3.29. The van der Waals surface area contributed by atoms with Gasteiger partial charge >= 0.3 is 5.97 Å². The Morgan fingerprint density at radius 2 is 2.05 bits per heavy atom. The number of sulfonamides is 1. The van der Waals surface area contributed by atoms with E-state index < -0.39 is 16.0 Å². The lowest BCUT2D eigenvalue weighted by Crippen LogP contribution is -2.28. The average molecular weight is 304 g/mol. The van der Waals surface area contributed by atoms with Gasteiger partial charge in [-0.3, -0.25) is 0 Å². The normalized spacial score (nSPS) is 21.1. The Morgan fingerprint density at radius 1 is 1.47 bits per heavy atom. The van der Waals surface area contributed by atoms with Gasteiger partial charge in [-0.2, -0.15) is 0 Å². The first-order chi connectivity index (χ1) is 8.63. The first-order valence-corrected chi connectivity index (χ1v) is 7.55. The van der Waals surface area contributed by atoms with E-state index in [2.05, 4.69) is 4.72 Å². The summed E-state index contributed by atoms with van der Waals surface area (Å²) < 4.78 is 26.8. The van der Waals surface area contributed by atoms with Gasteiger partial charge in [0, 0.05) is 6.04 Å². The van der Waals surface area contributed by atoms with E-state index in [-0.39, 0.29) is 26.9 Å².